The average molecular weight is 412 g/mol. The SMILES string of the molecule is CCOC(=O)[C@@H]1CCCCN1C(=O)Cn1c(Cl)nc2c1c(=O)n(C)c(=O)n2C. The Hall–Kier alpha value is -2.62. The summed E-state index contributed by atoms with van der Waals surface area (Å²) in [7, 11) is 2.82. The number of imidazole rings is 1. The summed E-state index contributed by atoms with van der Waals surface area (Å²) in [5, 5.41) is -0.0775. The van der Waals surface area contributed by atoms with Crippen molar-refractivity contribution in [2.24, 2.45) is 14.1 Å². The van der Waals surface area contributed by atoms with Crippen LogP contribution >= 0.6 is 11.6 Å². The molecule has 1 saturated heterocycles. The van der Waals surface area contributed by atoms with Gasteiger partial charge in [-0.1, -0.05) is 0 Å². The van der Waals surface area contributed by atoms with Crippen molar-refractivity contribution in [3.8, 4) is 0 Å². The number of esters is 1. The summed E-state index contributed by atoms with van der Waals surface area (Å²) in [6.45, 7) is 2.10. The Bertz CT molecular complexity index is 1050. The van der Waals surface area contributed by atoms with Crippen molar-refractivity contribution in [1.82, 2.24) is 23.6 Å². The maximum absolute atomic E-state index is 13.0. The van der Waals surface area contributed by atoms with Crippen LogP contribution < -0.4 is 11.2 Å². The number of ether oxygens (including phenoxy) is 1. The van der Waals surface area contributed by atoms with E-state index in [1.165, 1.54) is 28.1 Å². The number of fused-ring (bicyclic) bond motifs is 1. The number of likely N-dealkylation sites (tertiary alicyclic amines) is 1. The Morgan fingerprint density at radius 1 is 1.21 bits per heavy atom. The first kappa shape index (κ1) is 20.1. The van der Waals surface area contributed by atoms with Gasteiger partial charge in [0.15, 0.2) is 11.2 Å². The number of piperidine rings is 1. The monoisotopic (exact) mass is 411 g/mol. The molecule has 152 valence electrons. The van der Waals surface area contributed by atoms with Crippen molar-refractivity contribution in [3.05, 3.63) is 26.1 Å². The Kier molecular flexibility index (Phi) is 5.59. The molecule has 10 nitrogen and oxygen atoms in total. The Balaban J connectivity index is 1.99. The maximum atomic E-state index is 13.0. The summed E-state index contributed by atoms with van der Waals surface area (Å²) < 4.78 is 8.50. The Morgan fingerprint density at radius 2 is 1.93 bits per heavy atom. The average Bonchev–Trinajstić information content (AvgIpc) is 3.01. The fourth-order valence-electron chi connectivity index (χ4n) is 3.50. The van der Waals surface area contributed by atoms with E-state index in [-0.39, 0.29) is 35.5 Å². The van der Waals surface area contributed by atoms with Crippen LogP contribution in [0.3, 0.4) is 0 Å². The molecule has 28 heavy (non-hydrogen) atoms. The van der Waals surface area contributed by atoms with Gasteiger partial charge in [-0.3, -0.25) is 23.3 Å². The van der Waals surface area contributed by atoms with Gasteiger partial charge in [0.25, 0.3) is 5.56 Å². The standard InChI is InChI=1S/C17H22ClN5O5/c1-4-28-15(26)10-7-5-6-8-22(10)11(24)9-23-12-13(19-16(23)18)20(2)17(27)21(3)14(12)25/h10H,4-9H2,1-3H3/t10-/m0/s1. The van der Waals surface area contributed by atoms with Crippen molar-refractivity contribution >= 4 is 34.6 Å². The zero-order valence-electron chi connectivity index (χ0n) is 16.0. The molecule has 1 atom stereocenters. The highest BCUT2D eigenvalue weighted by atomic mass is 35.5. The van der Waals surface area contributed by atoms with Gasteiger partial charge >= 0.3 is 11.7 Å². The van der Waals surface area contributed by atoms with E-state index >= 15 is 0 Å². The molecule has 0 aromatic carbocycles. The first-order chi connectivity index (χ1) is 13.3. The molecular formula is C17H22ClN5O5. The molecule has 0 aliphatic carbocycles. The van der Waals surface area contributed by atoms with E-state index in [9.17, 15) is 19.2 Å². The lowest BCUT2D eigenvalue weighted by molar-refractivity contribution is -0.156. The number of hydrogen-bond donors (Lipinski definition) is 0. The molecule has 0 N–H and O–H groups in total. The number of halogens is 1. The fraction of sp³-hybridized carbons (Fsp3) is 0.588. The van der Waals surface area contributed by atoms with Gasteiger partial charge in [0.05, 0.1) is 6.61 Å². The number of amides is 1. The van der Waals surface area contributed by atoms with E-state index in [0.717, 1.165) is 17.4 Å². The molecule has 3 heterocycles. The van der Waals surface area contributed by atoms with Gasteiger partial charge < -0.3 is 9.64 Å². The summed E-state index contributed by atoms with van der Waals surface area (Å²) in [4.78, 5) is 55.4. The first-order valence-electron chi connectivity index (χ1n) is 9.05. The number of aromatic nitrogens is 4. The van der Waals surface area contributed by atoms with Gasteiger partial charge in [0.2, 0.25) is 11.2 Å². The van der Waals surface area contributed by atoms with Crippen molar-refractivity contribution in [1.29, 1.82) is 0 Å². The van der Waals surface area contributed by atoms with Gasteiger partial charge in [0.1, 0.15) is 12.6 Å². The number of aryl methyl sites for hydroxylation is 1. The number of hydrogen-bond acceptors (Lipinski definition) is 6. The highest BCUT2D eigenvalue weighted by Crippen LogP contribution is 2.21. The van der Waals surface area contributed by atoms with Crippen LogP contribution in [0.1, 0.15) is 26.2 Å². The van der Waals surface area contributed by atoms with E-state index in [2.05, 4.69) is 4.98 Å². The number of carbonyl (C=O) groups excluding carboxylic acids is 2. The number of nitrogens with zero attached hydrogens (tertiary/aromatic N) is 5. The summed E-state index contributed by atoms with van der Waals surface area (Å²) >= 11 is 6.17. The summed E-state index contributed by atoms with van der Waals surface area (Å²) in [6, 6.07) is -0.651. The molecule has 2 aromatic rings. The molecule has 0 bridgehead atoms. The topological polar surface area (TPSA) is 108 Å². The van der Waals surface area contributed by atoms with Crippen molar-refractivity contribution in [3.63, 3.8) is 0 Å². The van der Waals surface area contributed by atoms with Gasteiger partial charge in [-0.25, -0.2) is 9.59 Å². The second-order valence-electron chi connectivity index (χ2n) is 6.70. The van der Waals surface area contributed by atoms with E-state index in [4.69, 9.17) is 16.3 Å². The highest BCUT2D eigenvalue weighted by Gasteiger charge is 2.33. The largest absolute Gasteiger partial charge is 0.464 e. The van der Waals surface area contributed by atoms with Crippen LogP contribution in [0.5, 0.6) is 0 Å². The van der Waals surface area contributed by atoms with E-state index in [1.54, 1.807) is 6.92 Å². The minimum absolute atomic E-state index is 0.0626. The molecule has 0 saturated carbocycles. The Labute approximate surface area is 165 Å². The lowest BCUT2D eigenvalue weighted by Gasteiger charge is -2.34. The van der Waals surface area contributed by atoms with Gasteiger partial charge in [0, 0.05) is 20.6 Å². The maximum Gasteiger partial charge on any atom is 0.332 e. The Morgan fingerprint density at radius 3 is 2.61 bits per heavy atom. The molecule has 1 aliphatic heterocycles. The summed E-state index contributed by atoms with van der Waals surface area (Å²) in [6.07, 6.45) is 2.13. The second kappa shape index (κ2) is 7.78. The first-order valence-corrected chi connectivity index (χ1v) is 9.43. The number of carbonyl (C=O) groups is 2. The quantitative estimate of drug-likeness (QED) is 0.519. The fourth-order valence-corrected chi connectivity index (χ4v) is 3.73. The minimum atomic E-state index is -0.651. The normalized spacial score (nSPS) is 17.1. The lowest BCUT2D eigenvalue weighted by atomic mass is 10.0. The van der Waals surface area contributed by atoms with E-state index < -0.39 is 23.3 Å². The van der Waals surface area contributed by atoms with Crippen LogP contribution in [0.2, 0.25) is 5.28 Å². The number of rotatable bonds is 4. The van der Waals surface area contributed by atoms with E-state index in [0.29, 0.717) is 13.0 Å². The van der Waals surface area contributed by atoms with Gasteiger partial charge in [-0.05, 0) is 37.8 Å². The third-order valence-electron chi connectivity index (χ3n) is 4.98. The third kappa shape index (κ3) is 3.32. The molecule has 0 unspecified atom stereocenters. The molecule has 0 radical (unpaired) electrons. The molecule has 1 amide bonds. The molecule has 2 aromatic heterocycles. The van der Waals surface area contributed by atoms with Gasteiger partial charge in [-0.15, -0.1) is 0 Å². The predicted molar refractivity (Wildman–Crippen MR) is 101 cm³/mol. The van der Waals surface area contributed by atoms with Crippen LogP contribution in [0, 0.1) is 0 Å². The zero-order valence-corrected chi connectivity index (χ0v) is 16.7. The molecule has 11 heteroatoms. The molecule has 3 rings (SSSR count). The van der Waals surface area contributed by atoms with Crippen molar-refractivity contribution < 1.29 is 14.3 Å². The smallest absolute Gasteiger partial charge is 0.332 e. The second-order valence-corrected chi connectivity index (χ2v) is 7.03. The van der Waals surface area contributed by atoms with Crippen molar-refractivity contribution in [2.45, 2.75) is 38.8 Å². The van der Waals surface area contributed by atoms with Crippen LogP contribution in [-0.2, 0) is 35.0 Å². The predicted octanol–water partition coefficient (Wildman–Crippen LogP) is 0.0313. The molecule has 0 spiro atoms. The van der Waals surface area contributed by atoms with Crippen LogP contribution in [0.4, 0.5) is 0 Å². The summed E-state index contributed by atoms with van der Waals surface area (Å²) in [5.74, 6) is -0.801. The van der Waals surface area contributed by atoms with Crippen molar-refractivity contribution in [2.75, 3.05) is 13.2 Å². The van der Waals surface area contributed by atoms with Gasteiger partial charge in [-0.2, -0.15) is 4.98 Å². The lowest BCUT2D eigenvalue weighted by Crippen LogP contribution is -2.49. The molecular weight excluding hydrogens is 390 g/mol. The highest BCUT2D eigenvalue weighted by molar-refractivity contribution is 6.29. The van der Waals surface area contributed by atoms with Crippen LogP contribution in [0.25, 0.3) is 11.2 Å². The van der Waals surface area contributed by atoms with E-state index in [1.807, 2.05) is 0 Å². The zero-order chi connectivity index (χ0) is 20.6. The third-order valence-corrected chi connectivity index (χ3v) is 5.27. The minimum Gasteiger partial charge on any atom is -0.464 e. The molecule has 1 aliphatic rings. The molecule has 1 fully saturated rings. The summed E-state index contributed by atoms with van der Waals surface area (Å²) in [5.41, 5.74) is -0.964. The van der Waals surface area contributed by atoms with Crippen LogP contribution in [-0.4, -0.2) is 54.7 Å². The van der Waals surface area contributed by atoms with Crippen LogP contribution in [0.15, 0.2) is 9.59 Å².